The van der Waals surface area contributed by atoms with Crippen LogP contribution in [0.2, 0.25) is 0 Å². The molecule has 3 aromatic heterocycles. The van der Waals surface area contributed by atoms with Gasteiger partial charge >= 0.3 is 0 Å². The Hall–Kier alpha value is -3.89. The van der Waals surface area contributed by atoms with E-state index in [2.05, 4.69) is 11.1 Å². The number of aromatic carboxylic acids is 1. The van der Waals surface area contributed by atoms with E-state index in [4.69, 9.17) is 9.15 Å². The molecule has 3 heterocycles. The van der Waals surface area contributed by atoms with Gasteiger partial charge in [0.1, 0.15) is 24.0 Å². The fourth-order valence-corrected chi connectivity index (χ4v) is 3.49. The van der Waals surface area contributed by atoms with Crippen molar-refractivity contribution >= 4 is 17.3 Å². The normalized spacial score (nSPS) is 10.4. The smallest absolute Gasteiger partial charge is 0.233 e. The van der Waals surface area contributed by atoms with Gasteiger partial charge in [0.25, 0.3) is 0 Å². The van der Waals surface area contributed by atoms with Gasteiger partial charge in [-0.15, -0.1) is 11.3 Å². The number of thiophene rings is 1. The number of nitriles is 1. The highest BCUT2D eigenvalue weighted by molar-refractivity contribution is 7.13. The van der Waals surface area contributed by atoms with E-state index in [1.54, 1.807) is 30.5 Å². The van der Waals surface area contributed by atoms with Crippen molar-refractivity contribution in [1.29, 1.82) is 5.26 Å². The summed E-state index contributed by atoms with van der Waals surface area (Å²) in [6, 6.07) is 17.5. The lowest BCUT2D eigenvalue weighted by atomic mass is 10.1. The van der Waals surface area contributed by atoms with Crippen molar-refractivity contribution in [2.75, 3.05) is 0 Å². The van der Waals surface area contributed by atoms with Crippen LogP contribution in [0.5, 0.6) is 5.88 Å². The molecular weight excluding hydrogens is 388 g/mol. The molecule has 0 saturated heterocycles. The summed E-state index contributed by atoms with van der Waals surface area (Å²) in [6.07, 6.45) is 1.54. The second kappa shape index (κ2) is 8.00. The lowest BCUT2D eigenvalue weighted by molar-refractivity contribution is -0.255. The van der Waals surface area contributed by atoms with Gasteiger partial charge in [-0.2, -0.15) is 5.26 Å². The number of aromatic nitrogens is 1. The molecule has 4 rings (SSSR count). The van der Waals surface area contributed by atoms with Crippen molar-refractivity contribution in [2.24, 2.45) is 0 Å². The van der Waals surface area contributed by atoms with Gasteiger partial charge in [-0.05, 0) is 40.8 Å². The number of benzene rings is 1. The summed E-state index contributed by atoms with van der Waals surface area (Å²) in [6.45, 7) is 0.125. The van der Waals surface area contributed by atoms with Gasteiger partial charge in [0.05, 0.1) is 22.8 Å². The highest BCUT2D eigenvalue weighted by atomic mass is 32.1. The minimum Gasteiger partial charge on any atom is -0.545 e. The molecule has 6 nitrogen and oxygen atoms in total. The number of furan rings is 1. The Morgan fingerprint density at radius 2 is 2.03 bits per heavy atom. The Bertz CT molecular complexity index is 1180. The van der Waals surface area contributed by atoms with Crippen LogP contribution in [-0.4, -0.2) is 11.0 Å². The molecule has 4 aromatic rings. The van der Waals surface area contributed by atoms with Crippen LogP contribution >= 0.6 is 11.3 Å². The van der Waals surface area contributed by atoms with E-state index in [0.29, 0.717) is 17.0 Å². The standard InChI is InChI=1S/C22H14N2O4S/c23-12-17-16(19-3-1-9-27-19)11-18(20-4-2-10-29-20)24-21(17)28-13-14-5-7-15(8-6-14)22(25)26/h1-11H,13H2,(H,25,26)/p-1. The molecule has 1 aromatic carbocycles. The summed E-state index contributed by atoms with van der Waals surface area (Å²) >= 11 is 1.53. The summed E-state index contributed by atoms with van der Waals surface area (Å²) < 4.78 is 11.4. The Kier molecular flexibility index (Phi) is 5.10. The number of rotatable bonds is 6. The first-order valence-electron chi connectivity index (χ1n) is 8.61. The second-order valence-electron chi connectivity index (χ2n) is 6.07. The average molecular weight is 401 g/mol. The van der Waals surface area contributed by atoms with E-state index in [1.165, 1.54) is 23.5 Å². The van der Waals surface area contributed by atoms with Crippen LogP contribution in [0.15, 0.2) is 70.7 Å². The zero-order valence-electron chi connectivity index (χ0n) is 15.0. The SMILES string of the molecule is N#Cc1c(-c2ccco2)cc(-c2cccs2)nc1OCc1ccc(C(=O)[O-])cc1. The number of hydrogen-bond acceptors (Lipinski definition) is 7. The number of carboxylic acid groups (broad SMARTS) is 1. The minimum atomic E-state index is -1.24. The fourth-order valence-electron chi connectivity index (χ4n) is 2.80. The van der Waals surface area contributed by atoms with Crippen LogP contribution in [0.3, 0.4) is 0 Å². The molecule has 0 fully saturated rings. The molecule has 0 atom stereocenters. The van der Waals surface area contributed by atoms with Gasteiger partial charge in [0.2, 0.25) is 5.88 Å². The van der Waals surface area contributed by atoms with Gasteiger partial charge in [0.15, 0.2) is 0 Å². The molecule has 0 aliphatic carbocycles. The Labute approximate surface area is 170 Å². The third-order valence-electron chi connectivity index (χ3n) is 4.22. The number of carbonyl (C=O) groups is 1. The molecule has 0 amide bonds. The molecule has 142 valence electrons. The first-order chi connectivity index (χ1) is 14.2. The lowest BCUT2D eigenvalue weighted by Crippen LogP contribution is -2.22. The Morgan fingerprint density at radius 3 is 2.66 bits per heavy atom. The second-order valence-corrected chi connectivity index (χ2v) is 7.02. The van der Waals surface area contributed by atoms with Crippen LogP contribution in [0, 0.1) is 11.3 Å². The maximum Gasteiger partial charge on any atom is 0.233 e. The van der Waals surface area contributed by atoms with Gasteiger partial charge < -0.3 is 19.1 Å². The van der Waals surface area contributed by atoms with E-state index in [9.17, 15) is 15.2 Å². The molecule has 0 aliphatic rings. The molecule has 0 aliphatic heterocycles. The van der Waals surface area contributed by atoms with Crippen molar-refractivity contribution in [3.05, 3.63) is 82.9 Å². The van der Waals surface area contributed by atoms with Gasteiger partial charge in [-0.3, -0.25) is 0 Å². The molecule has 0 saturated carbocycles. The van der Waals surface area contributed by atoms with E-state index in [0.717, 1.165) is 10.4 Å². The number of carboxylic acids is 1. The fraction of sp³-hybridized carbons (Fsp3) is 0.0455. The van der Waals surface area contributed by atoms with E-state index < -0.39 is 5.97 Å². The molecular formula is C22H13N2O4S-. The molecule has 29 heavy (non-hydrogen) atoms. The largest absolute Gasteiger partial charge is 0.545 e. The molecule has 0 radical (unpaired) electrons. The Balaban J connectivity index is 1.71. The van der Waals surface area contributed by atoms with Crippen LogP contribution < -0.4 is 9.84 Å². The highest BCUT2D eigenvalue weighted by Gasteiger charge is 2.18. The first-order valence-corrected chi connectivity index (χ1v) is 9.49. The monoisotopic (exact) mass is 401 g/mol. The topological polar surface area (TPSA) is 99.2 Å². The molecule has 0 N–H and O–H groups in total. The average Bonchev–Trinajstić information content (AvgIpc) is 3.46. The third-order valence-corrected chi connectivity index (χ3v) is 5.12. The van der Waals surface area contributed by atoms with Crippen molar-refractivity contribution in [3.63, 3.8) is 0 Å². The van der Waals surface area contributed by atoms with Crippen LogP contribution in [-0.2, 0) is 6.61 Å². The quantitative estimate of drug-likeness (QED) is 0.486. The maximum absolute atomic E-state index is 10.9. The molecule has 7 heteroatoms. The van der Waals surface area contributed by atoms with Crippen molar-refractivity contribution < 1.29 is 19.1 Å². The molecule has 0 unspecified atom stereocenters. The predicted octanol–water partition coefficient (Wildman–Crippen LogP) is 3.88. The van der Waals surface area contributed by atoms with Crippen molar-refractivity contribution in [2.45, 2.75) is 6.61 Å². The van der Waals surface area contributed by atoms with Gasteiger partial charge in [-0.25, -0.2) is 4.98 Å². The van der Waals surface area contributed by atoms with E-state index in [-0.39, 0.29) is 23.6 Å². The number of carbonyl (C=O) groups excluding carboxylic acids is 1. The van der Waals surface area contributed by atoms with Crippen molar-refractivity contribution in [3.8, 4) is 33.8 Å². The number of pyridine rings is 1. The van der Waals surface area contributed by atoms with Crippen LogP contribution in [0.1, 0.15) is 21.5 Å². The zero-order valence-corrected chi connectivity index (χ0v) is 15.8. The first kappa shape index (κ1) is 18.5. The summed E-state index contributed by atoms with van der Waals surface area (Å²) in [4.78, 5) is 16.4. The molecule has 0 spiro atoms. The summed E-state index contributed by atoms with van der Waals surface area (Å²) in [5, 5.41) is 22.6. The summed E-state index contributed by atoms with van der Waals surface area (Å²) in [5.41, 5.74) is 2.36. The zero-order chi connectivity index (χ0) is 20.2. The summed E-state index contributed by atoms with van der Waals surface area (Å²) in [5.74, 6) is -0.503. The van der Waals surface area contributed by atoms with Crippen molar-refractivity contribution in [1.82, 2.24) is 4.98 Å². The maximum atomic E-state index is 10.9. The van der Waals surface area contributed by atoms with E-state index in [1.807, 2.05) is 23.6 Å². The predicted molar refractivity (Wildman–Crippen MR) is 105 cm³/mol. The Morgan fingerprint density at radius 1 is 1.21 bits per heavy atom. The van der Waals surface area contributed by atoms with Crippen LogP contribution in [0.4, 0.5) is 0 Å². The van der Waals surface area contributed by atoms with Gasteiger partial charge in [0, 0.05) is 5.56 Å². The lowest BCUT2D eigenvalue weighted by Gasteiger charge is -2.12. The van der Waals surface area contributed by atoms with Gasteiger partial charge in [-0.1, -0.05) is 30.3 Å². The number of nitrogens with zero attached hydrogens (tertiary/aromatic N) is 2. The third kappa shape index (κ3) is 3.88. The number of ether oxygens (including phenoxy) is 1. The minimum absolute atomic E-state index is 0.0874. The number of hydrogen-bond donors (Lipinski definition) is 0. The molecule has 0 bridgehead atoms. The van der Waals surface area contributed by atoms with E-state index >= 15 is 0 Å². The summed E-state index contributed by atoms with van der Waals surface area (Å²) in [7, 11) is 0. The van der Waals surface area contributed by atoms with Crippen LogP contribution in [0.25, 0.3) is 21.9 Å². The highest BCUT2D eigenvalue weighted by Crippen LogP contribution is 2.35.